The molecule has 2 atom stereocenters. The molecule has 0 aliphatic carbocycles. The van der Waals surface area contributed by atoms with Crippen molar-refractivity contribution in [3.8, 4) is 0 Å². The molecule has 4 aromatic heterocycles. The fourth-order valence-electron chi connectivity index (χ4n) is 5.48. The number of nitrogens with one attached hydrogen (secondary N) is 2. The van der Waals surface area contributed by atoms with Crippen molar-refractivity contribution in [2.75, 3.05) is 23.3 Å². The molecule has 180 valence electrons. The number of aryl methyl sites for hydroxylation is 1. The molecule has 7 rings (SSSR count). The number of pyridine rings is 2. The Morgan fingerprint density at radius 1 is 0.972 bits per heavy atom. The lowest BCUT2D eigenvalue weighted by atomic mass is 10.0. The summed E-state index contributed by atoms with van der Waals surface area (Å²) in [6.45, 7) is 4.13. The van der Waals surface area contributed by atoms with Gasteiger partial charge in [0.1, 0.15) is 24.0 Å². The van der Waals surface area contributed by atoms with Crippen LogP contribution in [0, 0.1) is 6.92 Å². The van der Waals surface area contributed by atoms with Crippen molar-refractivity contribution in [3.63, 3.8) is 0 Å². The number of benzene rings is 1. The van der Waals surface area contributed by atoms with E-state index in [0.717, 1.165) is 53.5 Å². The van der Waals surface area contributed by atoms with Crippen LogP contribution in [-0.2, 0) is 6.42 Å². The van der Waals surface area contributed by atoms with E-state index < -0.39 is 0 Å². The molecule has 2 aliphatic rings. The minimum atomic E-state index is 0.561. The smallest absolute Gasteiger partial charge is 0.160 e. The highest BCUT2D eigenvalue weighted by molar-refractivity contribution is 5.88. The number of piperazine rings is 1. The lowest BCUT2D eigenvalue weighted by Gasteiger charge is -2.33. The Morgan fingerprint density at radius 2 is 1.86 bits per heavy atom. The molecule has 5 aromatic rings. The van der Waals surface area contributed by atoms with Crippen LogP contribution in [0.4, 0.5) is 17.3 Å². The largest absolute Gasteiger partial charge is 0.353 e. The molecule has 6 heterocycles. The predicted octanol–water partition coefficient (Wildman–Crippen LogP) is 3.65. The van der Waals surface area contributed by atoms with E-state index in [4.69, 9.17) is 4.98 Å². The fourth-order valence-corrected chi connectivity index (χ4v) is 5.48. The van der Waals surface area contributed by atoms with E-state index >= 15 is 0 Å². The molecule has 0 spiro atoms. The summed E-state index contributed by atoms with van der Waals surface area (Å²) in [6.07, 6.45) is 8.45. The van der Waals surface area contributed by atoms with Crippen LogP contribution in [0.1, 0.15) is 29.5 Å². The highest BCUT2D eigenvalue weighted by atomic mass is 15.3. The van der Waals surface area contributed by atoms with Gasteiger partial charge >= 0.3 is 0 Å². The molecular formula is C27H27N9. The minimum absolute atomic E-state index is 0.561. The maximum absolute atomic E-state index is 5.01. The van der Waals surface area contributed by atoms with Gasteiger partial charge in [-0.3, -0.25) is 0 Å². The molecule has 2 bridgehead atoms. The zero-order valence-electron chi connectivity index (χ0n) is 20.1. The summed E-state index contributed by atoms with van der Waals surface area (Å²) in [5, 5.41) is 11.4. The van der Waals surface area contributed by atoms with Crippen molar-refractivity contribution >= 4 is 34.0 Å². The van der Waals surface area contributed by atoms with Crippen LogP contribution in [0.3, 0.4) is 0 Å². The second-order valence-corrected chi connectivity index (χ2v) is 9.84. The van der Waals surface area contributed by atoms with Crippen LogP contribution in [-0.4, -0.2) is 54.7 Å². The van der Waals surface area contributed by atoms with Gasteiger partial charge in [0.05, 0.1) is 5.52 Å². The molecule has 2 aliphatic heterocycles. The van der Waals surface area contributed by atoms with Crippen LogP contribution in [0.2, 0.25) is 0 Å². The Labute approximate surface area is 208 Å². The number of hydrogen-bond donors (Lipinski definition) is 2. The first-order chi connectivity index (χ1) is 17.7. The van der Waals surface area contributed by atoms with Crippen molar-refractivity contribution in [2.24, 2.45) is 0 Å². The molecule has 0 amide bonds. The van der Waals surface area contributed by atoms with E-state index in [1.165, 1.54) is 29.5 Å². The van der Waals surface area contributed by atoms with Crippen LogP contribution < -0.4 is 15.5 Å². The van der Waals surface area contributed by atoms with Crippen molar-refractivity contribution in [2.45, 2.75) is 38.3 Å². The van der Waals surface area contributed by atoms with Crippen molar-refractivity contribution in [3.05, 3.63) is 78.0 Å². The van der Waals surface area contributed by atoms with Crippen molar-refractivity contribution < 1.29 is 0 Å². The molecule has 0 saturated carbocycles. The first-order valence-electron chi connectivity index (χ1n) is 12.5. The van der Waals surface area contributed by atoms with E-state index in [1.807, 2.05) is 6.20 Å². The number of fused-ring (bicyclic) bond motifs is 4. The van der Waals surface area contributed by atoms with Gasteiger partial charge in [-0.1, -0.05) is 6.07 Å². The van der Waals surface area contributed by atoms with E-state index in [9.17, 15) is 0 Å². The average Bonchev–Trinajstić information content (AvgIpc) is 3.50. The topological polar surface area (TPSA) is 96.2 Å². The molecule has 9 nitrogen and oxygen atoms in total. The molecule has 36 heavy (non-hydrogen) atoms. The van der Waals surface area contributed by atoms with Crippen LogP contribution in [0.5, 0.6) is 0 Å². The molecule has 1 aromatic carbocycles. The Morgan fingerprint density at radius 3 is 2.72 bits per heavy atom. The molecular weight excluding hydrogens is 450 g/mol. The van der Waals surface area contributed by atoms with Gasteiger partial charge in [0, 0.05) is 37.1 Å². The van der Waals surface area contributed by atoms with Crippen molar-refractivity contribution in [1.82, 2.24) is 34.9 Å². The summed E-state index contributed by atoms with van der Waals surface area (Å²) < 4.78 is 1.78. The molecule has 0 radical (unpaired) electrons. The summed E-state index contributed by atoms with van der Waals surface area (Å²) >= 11 is 0. The van der Waals surface area contributed by atoms with E-state index in [-0.39, 0.29) is 0 Å². The third-order valence-electron chi connectivity index (χ3n) is 7.35. The Balaban J connectivity index is 1.14. The molecule has 9 heteroatoms. The molecule has 2 unspecified atom stereocenters. The third-order valence-corrected chi connectivity index (χ3v) is 7.35. The zero-order chi connectivity index (χ0) is 24.1. The SMILES string of the molecule is Cc1cc(Nc2ncnc3ccc(N4CC5CCC(C4)N5)nc23)ccc1Cc1ccn2ncnc2c1. The van der Waals surface area contributed by atoms with Gasteiger partial charge < -0.3 is 15.5 Å². The number of aromatic nitrogens is 6. The summed E-state index contributed by atoms with van der Waals surface area (Å²) in [4.78, 5) is 20.7. The zero-order valence-corrected chi connectivity index (χ0v) is 20.1. The summed E-state index contributed by atoms with van der Waals surface area (Å²) in [5.41, 5.74) is 7.17. The number of rotatable bonds is 5. The average molecular weight is 478 g/mol. The summed E-state index contributed by atoms with van der Waals surface area (Å²) in [6, 6.07) is 15.9. The summed E-state index contributed by atoms with van der Waals surface area (Å²) in [7, 11) is 0. The molecule has 2 N–H and O–H groups in total. The van der Waals surface area contributed by atoms with Gasteiger partial charge in [0.2, 0.25) is 0 Å². The van der Waals surface area contributed by atoms with Crippen LogP contribution in [0.25, 0.3) is 16.7 Å². The predicted molar refractivity (Wildman–Crippen MR) is 140 cm³/mol. The maximum atomic E-state index is 5.01. The lowest BCUT2D eigenvalue weighted by Crippen LogP contribution is -2.51. The second kappa shape index (κ2) is 8.53. The van der Waals surface area contributed by atoms with E-state index in [1.54, 1.807) is 17.2 Å². The van der Waals surface area contributed by atoms with E-state index in [2.05, 4.69) is 85.0 Å². The molecule has 2 fully saturated rings. The molecule has 2 saturated heterocycles. The third kappa shape index (κ3) is 3.91. The van der Waals surface area contributed by atoms with Gasteiger partial charge in [-0.15, -0.1) is 0 Å². The lowest BCUT2D eigenvalue weighted by molar-refractivity contribution is 0.464. The van der Waals surface area contributed by atoms with Crippen LogP contribution in [0.15, 0.2) is 61.3 Å². The highest BCUT2D eigenvalue weighted by Crippen LogP contribution is 2.28. The number of anilines is 3. The Bertz CT molecular complexity index is 1560. The quantitative estimate of drug-likeness (QED) is 0.396. The number of hydrogen-bond acceptors (Lipinski definition) is 8. The van der Waals surface area contributed by atoms with Gasteiger partial charge in [-0.25, -0.2) is 24.5 Å². The van der Waals surface area contributed by atoms with E-state index in [0.29, 0.717) is 12.1 Å². The Kier molecular flexibility index (Phi) is 5.02. The summed E-state index contributed by atoms with van der Waals surface area (Å²) in [5.74, 6) is 1.72. The standard InChI is InChI=1S/C27H27N9/c1-17-10-20(3-2-19(17)11-18-8-9-36-25(12-18)29-16-31-36)33-27-26-23(28-15-30-27)6-7-24(34-26)35-13-21-4-5-22(14-35)32-21/h2-3,6-10,12,15-16,21-22,32H,4-5,11,13-14H2,1H3,(H,28,30,33). The van der Waals surface area contributed by atoms with Gasteiger partial charge in [-0.2, -0.15) is 5.10 Å². The maximum Gasteiger partial charge on any atom is 0.160 e. The van der Waals surface area contributed by atoms with Crippen molar-refractivity contribution in [1.29, 1.82) is 0 Å². The first kappa shape index (κ1) is 21.2. The highest BCUT2D eigenvalue weighted by Gasteiger charge is 2.32. The number of nitrogens with zero attached hydrogens (tertiary/aromatic N) is 7. The second-order valence-electron chi connectivity index (χ2n) is 9.84. The normalized spacial score (nSPS) is 19.3. The minimum Gasteiger partial charge on any atom is -0.353 e. The van der Waals surface area contributed by atoms with Gasteiger partial charge in [0.15, 0.2) is 11.5 Å². The monoisotopic (exact) mass is 477 g/mol. The van der Waals surface area contributed by atoms with Gasteiger partial charge in [-0.05, 0) is 79.3 Å². The fraction of sp³-hybridized carbons (Fsp3) is 0.296. The van der Waals surface area contributed by atoms with Crippen LogP contribution >= 0.6 is 0 Å². The first-order valence-corrected chi connectivity index (χ1v) is 12.5. The van der Waals surface area contributed by atoms with Gasteiger partial charge in [0.25, 0.3) is 0 Å². The Hall–Kier alpha value is -4.11.